The molecule has 0 spiro atoms. The Balaban J connectivity index is 1.47. The molecule has 2 aromatic heterocycles. The van der Waals surface area contributed by atoms with Gasteiger partial charge in [-0.1, -0.05) is 12.1 Å². The molecular weight excluding hydrogens is 483 g/mol. The summed E-state index contributed by atoms with van der Waals surface area (Å²) in [4.78, 5) is 20.2. The third kappa shape index (κ3) is 3.88. The Morgan fingerprint density at radius 3 is 2.57 bits per heavy atom. The van der Waals surface area contributed by atoms with Crippen molar-refractivity contribution in [2.75, 3.05) is 31.1 Å². The van der Waals surface area contributed by atoms with E-state index in [1.54, 1.807) is 24.4 Å². The summed E-state index contributed by atoms with van der Waals surface area (Å²) in [6.45, 7) is 3.01. The molecule has 0 unspecified atom stereocenters. The molecule has 37 heavy (non-hydrogen) atoms. The molecule has 2 aromatic carbocycles. The number of piperazine rings is 1. The van der Waals surface area contributed by atoms with Crippen LogP contribution in [-0.4, -0.2) is 41.6 Å². The lowest BCUT2D eigenvalue weighted by Crippen LogP contribution is -2.43. The molecule has 0 bridgehead atoms. The second-order valence-corrected chi connectivity index (χ2v) is 8.95. The van der Waals surface area contributed by atoms with Crippen LogP contribution in [0.5, 0.6) is 5.75 Å². The summed E-state index contributed by atoms with van der Waals surface area (Å²) in [5.41, 5.74) is 2.90. The molecule has 0 atom stereocenters. The van der Waals surface area contributed by atoms with Crippen molar-refractivity contribution in [2.24, 2.45) is 0 Å². The number of rotatable bonds is 4. The van der Waals surface area contributed by atoms with Gasteiger partial charge in [0.05, 0.1) is 28.0 Å². The van der Waals surface area contributed by atoms with Gasteiger partial charge in [-0.15, -0.1) is 0 Å². The Hall–Kier alpha value is -4.36. The molecule has 4 heterocycles. The fourth-order valence-corrected chi connectivity index (χ4v) is 4.88. The third-order valence-corrected chi connectivity index (χ3v) is 6.72. The number of ether oxygens (including phenoxy) is 1. The summed E-state index contributed by atoms with van der Waals surface area (Å²) >= 11 is 0. The molecule has 7 nitrogen and oxygen atoms in total. The smallest absolute Gasteiger partial charge is 0.416 e. The molecule has 1 N–H and O–H groups in total. The second-order valence-electron chi connectivity index (χ2n) is 8.95. The Kier molecular flexibility index (Phi) is 5.38. The maximum atomic E-state index is 13.3. The zero-order valence-electron chi connectivity index (χ0n) is 19.5. The summed E-state index contributed by atoms with van der Waals surface area (Å²) in [5, 5.41) is 13.7. The molecule has 0 aliphatic carbocycles. The number of anilines is 1. The number of nitrogens with zero attached hydrogens (tertiary/aromatic N) is 4. The topological polar surface area (TPSA) is 83.2 Å². The molecule has 0 radical (unpaired) electrons. The van der Waals surface area contributed by atoms with E-state index in [0.29, 0.717) is 33.4 Å². The second kappa shape index (κ2) is 8.64. The first kappa shape index (κ1) is 23.1. The van der Waals surface area contributed by atoms with E-state index in [2.05, 4.69) is 16.3 Å². The van der Waals surface area contributed by atoms with Crippen LogP contribution in [0.25, 0.3) is 22.3 Å². The monoisotopic (exact) mass is 503 g/mol. The molecule has 1 saturated heterocycles. The molecule has 0 saturated carbocycles. The van der Waals surface area contributed by atoms with Gasteiger partial charge in [0.1, 0.15) is 29.7 Å². The van der Waals surface area contributed by atoms with E-state index >= 15 is 0 Å². The van der Waals surface area contributed by atoms with Gasteiger partial charge in [0, 0.05) is 37.8 Å². The van der Waals surface area contributed by atoms with Gasteiger partial charge in [-0.2, -0.15) is 18.4 Å². The number of fused-ring (bicyclic) bond motifs is 4. The van der Waals surface area contributed by atoms with Crippen molar-refractivity contribution in [3.8, 4) is 23.2 Å². The van der Waals surface area contributed by atoms with E-state index in [1.165, 1.54) is 16.7 Å². The highest BCUT2D eigenvalue weighted by molar-refractivity contribution is 6.14. The Morgan fingerprint density at radius 2 is 1.86 bits per heavy atom. The minimum atomic E-state index is -4.43. The van der Waals surface area contributed by atoms with Crippen molar-refractivity contribution in [1.29, 1.82) is 5.26 Å². The molecule has 186 valence electrons. The molecule has 0 amide bonds. The van der Waals surface area contributed by atoms with Crippen molar-refractivity contribution in [3.05, 3.63) is 77.0 Å². The summed E-state index contributed by atoms with van der Waals surface area (Å²) < 4.78 is 46.5. The largest absolute Gasteiger partial charge is 0.487 e. The number of hydrogen-bond donors (Lipinski definition) is 1. The maximum Gasteiger partial charge on any atom is 0.416 e. The number of alkyl halides is 3. The van der Waals surface area contributed by atoms with Gasteiger partial charge in [-0.05, 0) is 42.0 Å². The lowest BCUT2D eigenvalue weighted by atomic mass is 10.0. The summed E-state index contributed by atoms with van der Waals surface area (Å²) in [6, 6.07) is 14.0. The van der Waals surface area contributed by atoms with Crippen LogP contribution >= 0.6 is 0 Å². The minimum absolute atomic E-state index is 0.0622. The fraction of sp³-hybridized carbons (Fsp3) is 0.222. The first-order valence-electron chi connectivity index (χ1n) is 11.7. The zero-order chi connectivity index (χ0) is 25.7. The van der Waals surface area contributed by atoms with Crippen LogP contribution in [0.3, 0.4) is 0 Å². The van der Waals surface area contributed by atoms with Crippen molar-refractivity contribution in [3.63, 3.8) is 0 Å². The summed E-state index contributed by atoms with van der Waals surface area (Å²) in [7, 11) is 0. The van der Waals surface area contributed by atoms with Crippen molar-refractivity contribution in [2.45, 2.75) is 12.8 Å². The molecule has 4 aromatic rings. The van der Waals surface area contributed by atoms with Crippen LogP contribution < -0.4 is 15.0 Å². The quantitative estimate of drug-likeness (QED) is 0.387. The van der Waals surface area contributed by atoms with E-state index in [-0.39, 0.29) is 23.8 Å². The van der Waals surface area contributed by atoms with Gasteiger partial charge < -0.3 is 15.0 Å². The first-order valence-corrected chi connectivity index (χ1v) is 11.7. The molecule has 1 fully saturated rings. The first-order chi connectivity index (χ1) is 17.8. The van der Waals surface area contributed by atoms with Crippen LogP contribution in [0.15, 0.2) is 54.7 Å². The minimum Gasteiger partial charge on any atom is -0.487 e. The molecule has 6 rings (SSSR count). The number of carbonyl (C=O) groups excluding carboxylic acids is 1. The average Bonchev–Trinajstić information content (AvgIpc) is 3.49. The molecular formula is C27H20F3N5O2. The lowest BCUT2D eigenvalue weighted by molar-refractivity contribution is -0.137. The van der Waals surface area contributed by atoms with Crippen LogP contribution in [0.4, 0.5) is 18.9 Å². The number of benzene rings is 2. The van der Waals surface area contributed by atoms with E-state index in [1.807, 2.05) is 6.07 Å². The number of halogens is 3. The van der Waals surface area contributed by atoms with Crippen LogP contribution in [0.2, 0.25) is 0 Å². The average molecular weight is 503 g/mol. The number of carbonyl (C=O) groups is 1. The number of nitrogens with one attached hydrogen (secondary N) is 1. The van der Waals surface area contributed by atoms with Crippen molar-refractivity contribution in [1.82, 2.24) is 14.9 Å². The standard InChI is InChI=1S/C27H20F3N5O2/c28-27(29,30)18-5-3-16(4-6-18)15-37-25-19-12-17(14-31)22(34-10-7-32-8-11-34)13-20(19)33-24-21-2-1-9-35(21)26(36)23(24)25/h1-6,9,12-13,32H,7-8,10-11,15H2. The van der Waals surface area contributed by atoms with Gasteiger partial charge in [-0.3, -0.25) is 9.36 Å². The van der Waals surface area contributed by atoms with Crippen LogP contribution in [-0.2, 0) is 12.8 Å². The summed E-state index contributed by atoms with van der Waals surface area (Å²) in [6.07, 6.45) is -2.78. The molecule has 2 aliphatic rings. The highest BCUT2D eigenvalue weighted by atomic mass is 19.4. The van der Waals surface area contributed by atoms with Gasteiger partial charge in [-0.25, -0.2) is 4.98 Å². The number of hydrogen-bond acceptors (Lipinski definition) is 6. The van der Waals surface area contributed by atoms with Crippen molar-refractivity contribution < 1.29 is 22.7 Å². The highest BCUT2D eigenvalue weighted by Crippen LogP contribution is 2.43. The van der Waals surface area contributed by atoms with Gasteiger partial charge in [0.25, 0.3) is 5.91 Å². The van der Waals surface area contributed by atoms with Gasteiger partial charge >= 0.3 is 6.18 Å². The third-order valence-electron chi connectivity index (χ3n) is 6.72. The Bertz CT molecular complexity index is 1580. The van der Waals surface area contributed by atoms with Crippen molar-refractivity contribution >= 4 is 22.5 Å². The molecule has 10 heteroatoms. The highest BCUT2D eigenvalue weighted by Gasteiger charge is 2.34. The van der Waals surface area contributed by atoms with Gasteiger partial charge in [0.2, 0.25) is 0 Å². The molecule has 2 aliphatic heterocycles. The van der Waals surface area contributed by atoms with Crippen LogP contribution in [0.1, 0.15) is 27.0 Å². The van der Waals surface area contributed by atoms with E-state index < -0.39 is 11.7 Å². The maximum absolute atomic E-state index is 13.3. The van der Waals surface area contributed by atoms with Gasteiger partial charge in [0.15, 0.2) is 0 Å². The van der Waals surface area contributed by atoms with E-state index in [0.717, 1.165) is 44.0 Å². The van der Waals surface area contributed by atoms with E-state index in [9.17, 15) is 23.2 Å². The number of pyridine rings is 1. The predicted molar refractivity (Wildman–Crippen MR) is 130 cm³/mol. The summed E-state index contributed by atoms with van der Waals surface area (Å²) in [5.74, 6) is -0.0477. The van der Waals surface area contributed by atoms with Crippen LogP contribution in [0, 0.1) is 11.3 Å². The number of nitriles is 1. The SMILES string of the molecule is N#Cc1cc2c(OCc3ccc(C(F)(F)F)cc3)c3c(nc2cc1N1CCNCC1)-c1cccn1C3=O. The Labute approximate surface area is 209 Å². The fourth-order valence-electron chi connectivity index (χ4n) is 4.88. The van der Waals surface area contributed by atoms with E-state index in [4.69, 9.17) is 9.72 Å². The number of aromatic nitrogens is 2. The lowest BCUT2D eigenvalue weighted by Gasteiger charge is -2.30. The Morgan fingerprint density at radius 1 is 1.11 bits per heavy atom. The predicted octanol–water partition coefficient (Wildman–Crippen LogP) is 4.58. The normalized spacial score (nSPS) is 15.0. The zero-order valence-corrected chi connectivity index (χ0v) is 19.5.